The average molecular weight is 538 g/mol. The maximum absolute atomic E-state index is 6.67. The smallest absolute Gasteiger partial charge is 0.256 e. The highest BCUT2D eigenvalue weighted by Gasteiger charge is 2.42. The maximum Gasteiger partial charge on any atom is 0.256 e. The van der Waals surface area contributed by atoms with Crippen molar-refractivity contribution in [1.82, 2.24) is 4.57 Å². The van der Waals surface area contributed by atoms with Crippen molar-refractivity contribution < 1.29 is 4.74 Å². The first-order valence-corrected chi connectivity index (χ1v) is 14.6. The zero-order chi connectivity index (χ0) is 27.9. The molecule has 6 aromatic carbocycles. The van der Waals surface area contributed by atoms with Gasteiger partial charge in [-0.3, -0.25) is 0 Å². The summed E-state index contributed by atoms with van der Waals surface area (Å²) in [7, 11) is 0. The highest BCUT2D eigenvalue weighted by atomic mass is 16.5. The molecule has 9 rings (SSSR count). The lowest BCUT2D eigenvalue weighted by Gasteiger charge is -2.40. The van der Waals surface area contributed by atoms with Crippen molar-refractivity contribution in [3.63, 3.8) is 0 Å². The van der Waals surface area contributed by atoms with E-state index in [1.165, 1.54) is 60.7 Å². The number of para-hydroxylation sites is 3. The Labute approximate surface area is 245 Å². The first kappa shape index (κ1) is 23.5. The Kier molecular flexibility index (Phi) is 4.83. The molecular weight excluding hydrogens is 511 g/mol. The van der Waals surface area contributed by atoms with Gasteiger partial charge in [-0.25, -0.2) is 0 Å². The summed E-state index contributed by atoms with van der Waals surface area (Å²) in [6.07, 6.45) is 0. The van der Waals surface area contributed by atoms with Crippen LogP contribution in [-0.4, -0.2) is 11.3 Å². The van der Waals surface area contributed by atoms with Crippen molar-refractivity contribution in [2.75, 3.05) is 4.90 Å². The molecule has 0 bridgehead atoms. The van der Waals surface area contributed by atoms with E-state index in [1.54, 1.807) is 0 Å². The number of ether oxygens (including phenoxy) is 1. The molecule has 0 saturated heterocycles. The summed E-state index contributed by atoms with van der Waals surface area (Å²) < 4.78 is 9.09. The number of hydrogen-bond acceptors (Lipinski definition) is 2. The van der Waals surface area contributed by atoms with Gasteiger partial charge >= 0.3 is 0 Å². The van der Waals surface area contributed by atoms with Crippen LogP contribution >= 0.6 is 0 Å². The summed E-state index contributed by atoms with van der Waals surface area (Å²) >= 11 is 0. The van der Waals surface area contributed by atoms with Crippen LogP contribution in [-0.2, 0) is 0 Å². The summed E-state index contributed by atoms with van der Waals surface area (Å²) in [6.45, 7) is 4.43. The van der Waals surface area contributed by atoms with E-state index in [4.69, 9.17) is 4.74 Å². The summed E-state index contributed by atoms with van der Waals surface area (Å²) in [5, 5.41) is 2.54. The Morgan fingerprint density at radius 2 is 1.26 bits per heavy atom. The molecule has 0 saturated carbocycles. The van der Waals surface area contributed by atoms with E-state index in [0.29, 0.717) is 0 Å². The number of rotatable bonds is 2. The Balaban J connectivity index is 1.38. The molecular formula is C38H27BN2O. The lowest BCUT2D eigenvalue weighted by atomic mass is 9.33. The predicted molar refractivity (Wildman–Crippen MR) is 176 cm³/mol. The van der Waals surface area contributed by atoms with E-state index in [-0.39, 0.29) is 6.71 Å². The molecule has 0 unspecified atom stereocenters. The van der Waals surface area contributed by atoms with Gasteiger partial charge in [0.05, 0.1) is 11.0 Å². The highest BCUT2D eigenvalue weighted by Crippen LogP contribution is 2.41. The van der Waals surface area contributed by atoms with Gasteiger partial charge in [-0.05, 0) is 96.5 Å². The first-order chi connectivity index (χ1) is 20.7. The quantitative estimate of drug-likeness (QED) is 0.209. The number of aromatic nitrogens is 1. The van der Waals surface area contributed by atoms with Crippen LogP contribution in [0.5, 0.6) is 11.5 Å². The molecule has 2 aliphatic rings. The number of nitrogens with zero attached hydrogens (tertiary/aromatic N) is 2. The number of aryl methyl sites for hydroxylation is 2. The third kappa shape index (κ3) is 3.18. The van der Waals surface area contributed by atoms with Gasteiger partial charge in [0.1, 0.15) is 11.5 Å². The molecule has 0 N–H and O–H groups in total. The van der Waals surface area contributed by atoms with Crippen molar-refractivity contribution in [3.8, 4) is 17.2 Å². The van der Waals surface area contributed by atoms with E-state index in [9.17, 15) is 0 Å². The second kappa shape index (κ2) is 8.64. The molecule has 3 nitrogen and oxygen atoms in total. The van der Waals surface area contributed by atoms with Crippen molar-refractivity contribution in [2.24, 2.45) is 0 Å². The van der Waals surface area contributed by atoms with Crippen molar-refractivity contribution >= 4 is 62.0 Å². The van der Waals surface area contributed by atoms with Crippen LogP contribution in [0, 0.1) is 13.8 Å². The van der Waals surface area contributed by atoms with E-state index in [2.05, 4.69) is 151 Å². The molecule has 0 aliphatic carbocycles. The second-order valence-corrected chi connectivity index (χ2v) is 11.5. The number of fused-ring (bicyclic) bond motifs is 7. The Bertz CT molecular complexity index is 2160. The van der Waals surface area contributed by atoms with Crippen LogP contribution in [0.15, 0.2) is 127 Å². The van der Waals surface area contributed by atoms with E-state index in [1.807, 2.05) is 0 Å². The molecule has 0 spiro atoms. The average Bonchev–Trinajstić information content (AvgIpc) is 3.35. The van der Waals surface area contributed by atoms with Gasteiger partial charge in [0.15, 0.2) is 0 Å². The van der Waals surface area contributed by atoms with Crippen LogP contribution in [0.3, 0.4) is 0 Å². The van der Waals surface area contributed by atoms with Gasteiger partial charge in [0.2, 0.25) is 0 Å². The van der Waals surface area contributed by atoms with Crippen LogP contribution in [0.1, 0.15) is 11.1 Å². The molecule has 7 aromatic rings. The Hall–Kier alpha value is -5.22. The second-order valence-electron chi connectivity index (χ2n) is 11.5. The maximum atomic E-state index is 6.67. The fourth-order valence-electron chi connectivity index (χ4n) is 7.38. The van der Waals surface area contributed by atoms with E-state index >= 15 is 0 Å². The largest absolute Gasteiger partial charge is 0.458 e. The van der Waals surface area contributed by atoms with Crippen molar-refractivity contribution in [2.45, 2.75) is 13.8 Å². The van der Waals surface area contributed by atoms with Crippen LogP contribution in [0.25, 0.3) is 27.5 Å². The van der Waals surface area contributed by atoms with E-state index < -0.39 is 0 Å². The molecule has 4 heteroatoms. The monoisotopic (exact) mass is 538 g/mol. The fourth-order valence-corrected chi connectivity index (χ4v) is 7.38. The lowest BCUT2D eigenvalue weighted by Crippen LogP contribution is -2.60. The third-order valence-electron chi connectivity index (χ3n) is 8.99. The van der Waals surface area contributed by atoms with E-state index in [0.717, 1.165) is 22.9 Å². The highest BCUT2D eigenvalue weighted by molar-refractivity contribution is 6.99. The Morgan fingerprint density at radius 1 is 0.548 bits per heavy atom. The minimum absolute atomic E-state index is 0.0588. The zero-order valence-corrected chi connectivity index (χ0v) is 23.5. The van der Waals surface area contributed by atoms with Crippen LogP contribution in [0.2, 0.25) is 0 Å². The fraction of sp³-hybridized carbons (Fsp3) is 0.0526. The van der Waals surface area contributed by atoms with Gasteiger partial charge in [-0.1, -0.05) is 72.3 Å². The number of anilines is 3. The molecule has 2 aliphatic heterocycles. The molecule has 42 heavy (non-hydrogen) atoms. The minimum Gasteiger partial charge on any atom is -0.458 e. The molecule has 0 amide bonds. The van der Waals surface area contributed by atoms with Crippen LogP contribution < -0.4 is 26.0 Å². The topological polar surface area (TPSA) is 17.4 Å². The number of benzene rings is 6. The normalized spacial score (nSPS) is 13.1. The van der Waals surface area contributed by atoms with Gasteiger partial charge in [0.25, 0.3) is 6.71 Å². The standard InChI is InChI=1S/C38H27BN2O/c1-24-21-25(2)37-36(22-24)42-35-18-10-17-34-38(35)39(37)30-23-27(19-20-33(30)40(34)26-11-4-3-5-12-26)41-31-15-8-6-13-28(31)29-14-7-9-16-32(29)41/h3-23H,1-2H3. The summed E-state index contributed by atoms with van der Waals surface area (Å²) in [4.78, 5) is 2.40. The summed E-state index contributed by atoms with van der Waals surface area (Å²) in [5.74, 6) is 1.90. The van der Waals surface area contributed by atoms with Crippen molar-refractivity contribution in [1.29, 1.82) is 0 Å². The minimum atomic E-state index is 0.0588. The Morgan fingerprint density at radius 3 is 2.02 bits per heavy atom. The third-order valence-corrected chi connectivity index (χ3v) is 8.99. The first-order valence-electron chi connectivity index (χ1n) is 14.6. The molecule has 0 atom stereocenters. The SMILES string of the molecule is Cc1cc(C)c2c(c1)Oc1cccc3c1B2c1cc(-n2c4ccccc4c4ccccc42)ccc1N3c1ccccc1. The van der Waals surface area contributed by atoms with Gasteiger partial charge in [-0.2, -0.15) is 0 Å². The van der Waals surface area contributed by atoms with Gasteiger partial charge < -0.3 is 14.2 Å². The van der Waals surface area contributed by atoms with Gasteiger partial charge in [0, 0.05) is 33.5 Å². The van der Waals surface area contributed by atoms with Crippen molar-refractivity contribution in [3.05, 3.63) is 139 Å². The molecule has 0 fully saturated rings. The summed E-state index contributed by atoms with van der Waals surface area (Å²) in [6, 6.07) is 46.1. The number of hydrogen-bond donors (Lipinski definition) is 0. The van der Waals surface area contributed by atoms with Crippen LogP contribution in [0.4, 0.5) is 17.1 Å². The molecule has 1 aromatic heterocycles. The molecule has 0 radical (unpaired) electrons. The van der Waals surface area contributed by atoms with Gasteiger partial charge in [-0.15, -0.1) is 0 Å². The molecule has 3 heterocycles. The summed E-state index contributed by atoms with van der Waals surface area (Å²) in [5.41, 5.74) is 13.4. The predicted octanol–water partition coefficient (Wildman–Crippen LogP) is 7.81. The lowest BCUT2D eigenvalue weighted by molar-refractivity contribution is 0.487. The molecule has 198 valence electrons. The zero-order valence-electron chi connectivity index (χ0n) is 23.5.